The Morgan fingerprint density at radius 1 is 1.18 bits per heavy atom. The number of pyridine rings is 1. The highest BCUT2D eigenvalue weighted by molar-refractivity contribution is 5.74. The van der Waals surface area contributed by atoms with Gasteiger partial charge in [0, 0.05) is 51.0 Å². The number of benzene rings is 1. The van der Waals surface area contributed by atoms with Gasteiger partial charge in [0.15, 0.2) is 0 Å². The second kappa shape index (κ2) is 10.0. The third-order valence-corrected chi connectivity index (χ3v) is 4.76. The van der Waals surface area contributed by atoms with Gasteiger partial charge in [-0.05, 0) is 37.1 Å². The fourth-order valence-corrected chi connectivity index (χ4v) is 3.29. The maximum atomic E-state index is 13.1. The highest BCUT2D eigenvalue weighted by atomic mass is 19.1. The Hall–Kier alpha value is -2.67. The molecule has 1 aromatic heterocycles. The van der Waals surface area contributed by atoms with Crippen molar-refractivity contribution in [3.63, 3.8) is 0 Å². The number of rotatable bonds is 6. The molecule has 0 saturated carbocycles. The zero-order chi connectivity index (χ0) is 19.8. The molecule has 1 N–H and O–H groups in total. The Morgan fingerprint density at radius 2 is 2.00 bits per heavy atom. The number of urea groups is 1. The number of ether oxygens (including phenoxy) is 1. The highest BCUT2D eigenvalue weighted by Crippen LogP contribution is 2.14. The minimum atomic E-state index is -0.219. The number of carbonyl (C=O) groups is 1. The minimum Gasteiger partial charge on any atom is -0.478 e. The molecule has 0 aliphatic carbocycles. The average Bonchev–Trinajstić information content (AvgIpc) is 2.95. The molecule has 1 fully saturated rings. The molecule has 1 aromatic carbocycles. The first kappa shape index (κ1) is 20.1. The molecule has 1 aliphatic heterocycles. The molecular formula is C21H27FN4O2. The molecule has 0 radical (unpaired) electrons. The second-order valence-electron chi connectivity index (χ2n) is 6.80. The molecule has 150 valence electrons. The number of carbonyl (C=O) groups excluding carboxylic acids is 1. The van der Waals surface area contributed by atoms with Gasteiger partial charge in [-0.3, -0.25) is 4.90 Å². The van der Waals surface area contributed by atoms with Crippen LogP contribution in [0, 0.1) is 5.82 Å². The van der Waals surface area contributed by atoms with Gasteiger partial charge in [-0.25, -0.2) is 14.2 Å². The maximum Gasteiger partial charge on any atom is 0.317 e. The summed E-state index contributed by atoms with van der Waals surface area (Å²) in [6.07, 6.45) is 2.59. The molecule has 1 saturated heterocycles. The standard InChI is InChI=1S/C21H27FN4O2/c1-2-28-20-18(5-3-10-23-20)15-24-21(27)26-12-4-11-25(13-14-26)16-17-6-8-19(22)9-7-17/h3,5-10H,2,4,11-16H2,1H3,(H,24,27). The van der Waals surface area contributed by atoms with E-state index in [1.807, 2.05) is 36.1 Å². The maximum absolute atomic E-state index is 13.1. The van der Waals surface area contributed by atoms with Gasteiger partial charge in [-0.15, -0.1) is 0 Å². The van der Waals surface area contributed by atoms with Crippen LogP contribution in [0.15, 0.2) is 42.6 Å². The molecule has 0 atom stereocenters. The van der Waals surface area contributed by atoms with Crippen molar-refractivity contribution in [1.29, 1.82) is 0 Å². The lowest BCUT2D eigenvalue weighted by atomic mass is 10.2. The first-order chi connectivity index (χ1) is 13.7. The average molecular weight is 386 g/mol. The summed E-state index contributed by atoms with van der Waals surface area (Å²) in [7, 11) is 0. The highest BCUT2D eigenvalue weighted by Gasteiger charge is 2.19. The lowest BCUT2D eigenvalue weighted by Gasteiger charge is -2.22. The fourth-order valence-electron chi connectivity index (χ4n) is 3.29. The monoisotopic (exact) mass is 386 g/mol. The van der Waals surface area contributed by atoms with E-state index in [1.54, 1.807) is 6.20 Å². The summed E-state index contributed by atoms with van der Waals surface area (Å²) in [5, 5.41) is 2.97. The van der Waals surface area contributed by atoms with Crippen molar-refractivity contribution < 1.29 is 13.9 Å². The normalized spacial score (nSPS) is 15.1. The summed E-state index contributed by atoms with van der Waals surface area (Å²) in [5.41, 5.74) is 1.95. The second-order valence-corrected chi connectivity index (χ2v) is 6.80. The molecule has 0 bridgehead atoms. The molecule has 3 rings (SSSR count). The van der Waals surface area contributed by atoms with E-state index in [4.69, 9.17) is 4.74 Å². The topological polar surface area (TPSA) is 57.7 Å². The van der Waals surface area contributed by atoms with Gasteiger partial charge in [0.2, 0.25) is 5.88 Å². The minimum absolute atomic E-state index is 0.0741. The van der Waals surface area contributed by atoms with Crippen LogP contribution in [0.25, 0.3) is 0 Å². The van der Waals surface area contributed by atoms with E-state index in [-0.39, 0.29) is 11.8 Å². The molecule has 2 aromatic rings. The predicted octanol–water partition coefficient (Wildman–Crippen LogP) is 3.04. The van der Waals surface area contributed by atoms with Crippen LogP contribution in [0.2, 0.25) is 0 Å². The van der Waals surface area contributed by atoms with Gasteiger partial charge in [0.25, 0.3) is 0 Å². The number of nitrogens with one attached hydrogen (secondary N) is 1. The molecule has 28 heavy (non-hydrogen) atoms. The van der Waals surface area contributed by atoms with E-state index < -0.39 is 0 Å². The Bertz CT molecular complexity index is 769. The third kappa shape index (κ3) is 5.66. The smallest absolute Gasteiger partial charge is 0.317 e. The first-order valence-electron chi connectivity index (χ1n) is 9.72. The molecule has 6 nitrogen and oxygen atoms in total. The van der Waals surface area contributed by atoms with Crippen molar-refractivity contribution in [1.82, 2.24) is 20.1 Å². The van der Waals surface area contributed by atoms with E-state index in [0.717, 1.165) is 43.7 Å². The number of halogens is 1. The van der Waals surface area contributed by atoms with Gasteiger partial charge in [-0.2, -0.15) is 0 Å². The number of hydrogen-bond acceptors (Lipinski definition) is 4. The van der Waals surface area contributed by atoms with Crippen molar-refractivity contribution in [2.75, 3.05) is 32.8 Å². The van der Waals surface area contributed by atoms with E-state index >= 15 is 0 Å². The fraction of sp³-hybridized carbons (Fsp3) is 0.429. The Morgan fingerprint density at radius 3 is 2.79 bits per heavy atom. The van der Waals surface area contributed by atoms with Crippen molar-refractivity contribution in [2.24, 2.45) is 0 Å². The lowest BCUT2D eigenvalue weighted by molar-refractivity contribution is 0.197. The van der Waals surface area contributed by atoms with Gasteiger partial charge >= 0.3 is 6.03 Å². The summed E-state index contributed by atoms with van der Waals surface area (Å²) in [5.74, 6) is 0.343. The van der Waals surface area contributed by atoms with Gasteiger partial charge in [-0.1, -0.05) is 18.2 Å². The van der Waals surface area contributed by atoms with Crippen molar-refractivity contribution in [3.8, 4) is 5.88 Å². The molecule has 0 spiro atoms. The molecule has 0 unspecified atom stereocenters. The van der Waals surface area contributed by atoms with Gasteiger partial charge in [0.05, 0.1) is 6.61 Å². The van der Waals surface area contributed by atoms with Crippen LogP contribution >= 0.6 is 0 Å². The summed E-state index contributed by atoms with van der Waals surface area (Å²) < 4.78 is 18.6. The van der Waals surface area contributed by atoms with E-state index in [9.17, 15) is 9.18 Å². The molecule has 2 amide bonds. The zero-order valence-electron chi connectivity index (χ0n) is 16.2. The Balaban J connectivity index is 1.49. The van der Waals surface area contributed by atoms with E-state index in [0.29, 0.717) is 25.6 Å². The van der Waals surface area contributed by atoms with E-state index in [1.165, 1.54) is 12.1 Å². The Kier molecular flexibility index (Phi) is 7.19. The summed E-state index contributed by atoms with van der Waals surface area (Å²) in [4.78, 5) is 21.0. The SMILES string of the molecule is CCOc1ncccc1CNC(=O)N1CCCN(Cc2ccc(F)cc2)CC1. The number of hydrogen-bond donors (Lipinski definition) is 1. The van der Waals surface area contributed by atoms with Crippen LogP contribution < -0.4 is 10.1 Å². The van der Waals surface area contributed by atoms with Crippen LogP contribution in [0.1, 0.15) is 24.5 Å². The van der Waals surface area contributed by atoms with Crippen LogP contribution in [-0.2, 0) is 13.1 Å². The number of amides is 2. The van der Waals surface area contributed by atoms with Crippen molar-refractivity contribution in [3.05, 3.63) is 59.5 Å². The molecular weight excluding hydrogens is 359 g/mol. The molecule has 1 aliphatic rings. The lowest BCUT2D eigenvalue weighted by Crippen LogP contribution is -2.41. The number of nitrogens with zero attached hydrogens (tertiary/aromatic N) is 3. The van der Waals surface area contributed by atoms with E-state index in [2.05, 4.69) is 15.2 Å². The summed E-state index contributed by atoms with van der Waals surface area (Å²) in [6.45, 7) is 6.69. The zero-order valence-corrected chi connectivity index (χ0v) is 16.2. The molecule has 2 heterocycles. The predicted molar refractivity (Wildman–Crippen MR) is 106 cm³/mol. The Labute approximate surface area is 165 Å². The van der Waals surface area contributed by atoms with Crippen LogP contribution in [0.5, 0.6) is 5.88 Å². The van der Waals surface area contributed by atoms with Crippen LogP contribution in [0.4, 0.5) is 9.18 Å². The largest absolute Gasteiger partial charge is 0.478 e. The molecule has 7 heteroatoms. The first-order valence-corrected chi connectivity index (χ1v) is 9.72. The van der Waals surface area contributed by atoms with Crippen molar-refractivity contribution in [2.45, 2.75) is 26.4 Å². The van der Waals surface area contributed by atoms with Gasteiger partial charge in [0.1, 0.15) is 5.82 Å². The summed E-state index contributed by atoms with van der Waals surface area (Å²) >= 11 is 0. The van der Waals surface area contributed by atoms with Gasteiger partial charge < -0.3 is 15.0 Å². The number of aromatic nitrogens is 1. The third-order valence-electron chi connectivity index (χ3n) is 4.76. The summed E-state index contributed by atoms with van der Waals surface area (Å²) in [6, 6.07) is 10.3. The van der Waals surface area contributed by atoms with Crippen LogP contribution in [-0.4, -0.2) is 53.6 Å². The quantitative estimate of drug-likeness (QED) is 0.829. The van der Waals surface area contributed by atoms with Crippen LogP contribution in [0.3, 0.4) is 0 Å². The van der Waals surface area contributed by atoms with Crippen molar-refractivity contribution >= 4 is 6.03 Å².